The van der Waals surface area contributed by atoms with Crippen LogP contribution in [0.4, 0.5) is 4.39 Å². The lowest BCUT2D eigenvalue weighted by Gasteiger charge is -2.23. The Morgan fingerprint density at radius 3 is 2.64 bits per heavy atom. The standard InChI is InChI=1S/C28H29FN4O3/c1-2-17-33(28(35)21-8-10-22(29)11-9-21)19-24-7-5-18-32(24)20-25-12-13-26(36-25)27(34)31-16-14-23-6-3-4-15-30-23/h3-13,15,18H,2,14,16-17,19-20H2,1H3,(H,31,34). The Labute approximate surface area is 209 Å². The average Bonchev–Trinajstić information content (AvgIpc) is 3.54. The maximum atomic E-state index is 13.3. The van der Waals surface area contributed by atoms with Gasteiger partial charge in [-0.15, -0.1) is 0 Å². The lowest BCUT2D eigenvalue weighted by molar-refractivity contribution is 0.0739. The van der Waals surface area contributed by atoms with E-state index < -0.39 is 0 Å². The van der Waals surface area contributed by atoms with Gasteiger partial charge in [-0.25, -0.2) is 4.39 Å². The summed E-state index contributed by atoms with van der Waals surface area (Å²) in [5.74, 6) is 0.0893. The second kappa shape index (κ2) is 12.0. The van der Waals surface area contributed by atoms with E-state index in [2.05, 4.69) is 10.3 Å². The third-order valence-electron chi connectivity index (χ3n) is 5.75. The topological polar surface area (TPSA) is 80.4 Å². The van der Waals surface area contributed by atoms with E-state index in [4.69, 9.17) is 4.42 Å². The molecule has 0 saturated carbocycles. The molecule has 36 heavy (non-hydrogen) atoms. The Morgan fingerprint density at radius 2 is 1.89 bits per heavy atom. The van der Waals surface area contributed by atoms with Crippen molar-refractivity contribution in [3.8, 4) is 0 Å². The Balaban J connectivity index is 1.37. The predicted molar refractivity (Wildman–Crippen MR) is 134 cm³/mol. The maximum absolute atomic E-state index is 13.3. The molecular weight excluding hydrogens is 459 g/mol. The van der Waals surface area contributed by atoms with Crippen LogP contribution in [0.5, 0.6) is 0 Å². The molecule has 0 fully saturated rings. The molecule has 8 heteroatoms. The number of rotatable bonds is 11. The molecule has 0 aliphatic rings. The normalized spacial score (nSPS) is 10.8. The van der Waals surface area contributed by atoms with Gasteiger partial charge in [0, 0.05) is 48.9 Å². The number of hydrogen-bond acceptors (Lipinski definition) is 4. The van der Waals surface area contributed by atoms with Gasteiger partial charge >= 0.3 is 0 Å². The van der Waals surface area contributed by atoms with Crippen molar-refractivity contribution in [2.75, 3.05) is 13.1 Å². The Kier molecular flexibility index (Phi) is 8.28. The second-order valence-corrected chi connectivity index (χ2v) is 8.45. The summed E-state index contributed by atoms with van der Waals surface area (Å²) in [4.78, 5) is 31.5. The van der Waals surface area contributed by atoms with Crippen molar-refractivity contribution in [2.24, 2.45) is 0 Å². The zero-order valence-electron chi connectivity index (χ0n) is 20.2. The number of amides is 2. The molecule has 7 nitrogen and oxygen atoms in total. The number of halogens is 1. The van der Waals surface area contributed by atoms with Crippen molar-refractivity contribution in [3.63, 3.8) is 0 Å². The van der Waals surface area contributed by atoms with Crippen LogP contribution in [0.3, 0.4) is 0 Å². The molecule has 3 aromatic heterocycles. The highest BCUT2D eigenvalue weighted by molar-refractivity contribution is 5.94. The molecule has 0 aliphatic carbocycles. The first-order valence-electron chi connectivity index (χ1n) is 12.0. The van der Waals surface area contributed by atoms with Crippen LogP contribution in [0.2, 0.25) is 0 Å². The fraction of sp³-hybridized carbons (Fsp3) is 0.250. The number of nitrogens with zero attached hydrogens (tertiary/aromatic N) is 3. The summed E-state index contributed by atoms with van der Waals surface area (Å²) in [6.45, 7) is 3.87. The van der Waals surface area contributed by atoms with Gasteiger partial charge in [-0.05, 0) is 67.1 Å². The van der Waals surface area contributed by atoms with Crippen molar-refractivity contribution < 1.29 is 18.4 Å². The molecule has 0 aliphatic heterocycles. The fourth-order valence-corrected chi connectivity index (χ4v) is 3.93. The molecule has 1 N–H and O–H groups in total. The minimum atomic E-state index is -0.373. The number of benzene rings is 1. The Bertz CT molecular complexity index is 1280. The first-order chi connectivity index (χ1) is 17.5. The number of pyridine rings is 1. The van der Waals surface area contributed by atoms with Crippen molar-refractivity contribution in [1.82, 2.24) is 19.8 Å². The SMILES string of the molecule is CCCN(Cc1cccn1Cc1ccc(C(=O)NCCc2ccccn2)o1)C(=O)c1ccc(F)cc1. The van der Waals surface area contributed by atoms with Gasteiger partial charge in [-0.1, -0.05) is 13.0 Å². The van der Waals surface area contributed by atoms with Gasteiger partial charge in [0.25, 0.3) is 11.8 Å². The Morgan fingerprint density at radius 1 is 1.06 bits per heavy atom. The first kappa shape index (κ1) is 24.9. The zero-order valence-corrected chi connectivity index (χ0v) is 20.2. The van der Waals surface area contributed by atoms with Gasteiger partial charge < -0.3 is 19.2 Å². The number of furan rings is 1. The van der Waals surface area contributed by atoms with Crippen molar-refractivity contribution >= 4 is 11.8 Å². The number of carbonyl (C=O) groups excluding carboxylic acids is 2. The predicted octanol–water partition coefficient (Wildman–Crippen LogP) is 4.69. The van der Waals surface area contributed by atoms with E-state index in [1.54, 1.807) is 23.2 Å². The highest BCUT2D eigenvalue weighted by atomic mass is 19.1. The molecule has 4 aromatic rings. The summed E-state index contributed by atoms with van der Waals surface area (Å²) >= 11 is 0. The molecule has 3 heterocycles. The van der Waals surface area contributed by atoms with Crippen LogP contribution in [0.1, 0.15) is 51.4 Å². The van der Waals surface area contributed by atoms with E-state index in [1.807, 2.05) is 48.0 Å². The van der Waals surface area contributed by atoms with Crippen LogP contribution in [-0.2, 0) is 19.5 Å². The van der Waals surface area contributed by atoms with Crippen LogP contribution in [0.15, 0.2) is 83.5 Å². The molecule has 0 atom stereocenters. The lowest BCUT2D eigenvalue weighted by atomic mass is 10.2. The van der Waals surface area contributed by atoms with E-state index in [-0.39, 0.29) is 23.4 Å². The van der Waals surface area contributed by atoms with Crippen molar-refractivity contribution in [1.29, 1.82) is 0 Å². The fourth-order valence-electron chi connectivity index (χ4n) is 3.93. The summed E-state index contributed by atoms with van der Waals surface area (Å²) in [6.07, 6.45) is 5.07. The highest BCUT2D eigenvalue weighted by Gasteiger charge is 2.18. The third kappa shape index (κ3) is 6.47. The van der Waals surface area contributed by atoms with Crippen LogP contribution in [-0.4, -0.2) is 39.4 Å². The second-order valence-electron chi connectivity index (χ2n) is 8.45. The summed E-state index contributed by atoms with van der Waals surface area (Å²) in [5.41, 5.74) is 2.29. The lowest BCUT2D eigenvalue weighted by Crippen LogP contribution is -2.32. The van der Waals surface area contributed by atoms with Gasteiger partial charge in [-0.2, -0.15) is 0 Å². The quantitative estimate of drug-likeness (QED) is 0.332. The monoisotopic (exact) mass is 488 g/mol. The van der Waals surface area contributed by atoms with Gasteiger partial charge in [0.05, 0.1) is 13.1 Å². The van der Waals surface area contributed by atoms with Crippen LogP contribution in [0, 0.1) is 5.82 Å². The van der Waals surface area contributed by atoms with Gasteiger partial charge in [0.15, 0.2) is 5.76 Å². The molecule has 0 unspecified atom stereocenters. The molecule has 1 aromatic carbocycles. The van der Waals surface area contributed by atoms with Gasteiger partial charge in [0.1, 0.15) is 11.6 Å². The smallest absolute Gasteiger partial charge is 0.287 e. The minimum absolute atomic E-state index is 0.146. The van der Waals surface area contributed by atoms with E-state index in [1.165, 1.54) is 24.3 Å². The molecule has 4 rings (SSSR count). The van der Waals surface area contributed by atoms with Crippen LogP contribution < -0.4 is 5.32 Å². The third-order valence-corrected chi connectivity index (χ3v) is 5.75. The average molecular weight is 489 g/mol. The molecule has 0 radical (unpaired) electrons. The number of nitrogens with one attached hydrogen (secondary N) is 1. The summed E-state index contributed by atoms with van der Waals surface area (Å²) in [6, 6.07) is 18.6. The van der Waals surface area contributed by atoms with E-state index in [0.29, 0.717) is 43.9 Å². The molecule has 2 amide bonds. The zero-order chi connectivity index (χ0) is 25.3. The van der Waals surface area contributed by atoms with E-state index >= 15 is 0 Å². The molecular formula is C28H29FN4O3. The van der Waals surface area contributed by atoms with Crippen LogP contribution >= 0.6 is 0 Å². The molecule has 0 bridgehead atoms. The van der Waals surface area contributed by atoms with E-state index in [0.717, 1.165) is 17.8 Å². The molecule has 0 saturated heterocycles. The Hall–Kier alpha value is -4.20. The highest BCUT2D eigenvalue weighted by Crippen LogP contribution is 2.16. The maximum Gasteiger partial charge on any atom is 0.287 e. The largest absolute Gasteiger partial charge is 0.454 e. The molecule has 0 spiro atoms. The summed E-state index contributed by atoms with van der Waals surface area (Å²) in [5, 5.41) is 2.86. The number of hydrogen-bond donors (Lipinski definition) is 1. The number of carbonyl (C=O) groups is 2. The minimum Gasteiger partial charge on any atom is -0.454 e. The summed E-state index contributed by atoms with van der Waals surface area (Å²) < 4.78 is 21.1. The molecule has 186 valence electrons. The number of aromatic nitrogens is 2. The van der Waals surface area contributed by atoms with E-state index in [9.17, 15) is 14.0 Å². The summed E-state index contributed by atoms with van der Waals surface area (Å²) in [7, 11) is 0. The van der Waals surface area contributed by atoms with Gasteiger partial charge in [-0.3, -0.25) is 14.6 Å². The van der Waals surface area contributed by atoms with Crippen molar-refractivity contribution in [2.45, 2.75) is 32.9 Å². The van der Waals surface area contributed by atoms with Crippen molar-refractivity contribution in [3.05, 3.63) is 113 Å². The first-order valence-corrected chi connectivity index (χ1v) is 12.0. The van der Waals surface area contributed by atoms with Crippen LogP contribution in [0.25, 0.3) is 0 Å². The van der Waals surface area contributed by atoms with Gasteiger partial charge in [0.2, 0.25) is 0 Å².